The molecule has 6 heteroatoms. The van der Waals surface area contributed by atoms with E-state index in [0.29, 0.717) is 5.69 Å². The van der Waals surface area contributed by atoms with Crippen LogP contribution in [-0.4, -0.2) is 56.1 Å². The third kappa shape index (κ3) is 6.37. The van der Waals surface area contributed by atoms with Crippen LogP contribution in [0.25, 0.3) is 0 Å². The fourth-order valence-corrected chi connectivity index (χ4v) is 2.70. The molecule has 0 unspecified atom stereocenters. The van der Waals surface area contributed by atoms with Gasteiger partial charge in [0.25, 0.3) is 5.91 Å². The number of benzene rings is 1. The van der Waals surface area contributed by atoms with Crippen LogP contribution in [0.15, 0.2) is 48.6 Å². The van der Waals surface area contributed by atoms with Gasteiger partial charge < -0.3 is 19.9 Å². The summed E-state index contributed by atoms with van der Waals surface area (Å²) < 4.78 is 4.88. The smallest absolute Gasteiger partial charge is 0.331 e. The Morgan fingerprint density at radius 2 is 1.81 bits per heavy atom. The molecule has 0 atom stereocenters. The Kier molecular flexibility index (Phi) is 7.89. The molecule has 140 valence electrons. The van der Waals surface area contributed by atoms with Gasteiger partial charge in [0.05, 0.1) is 0 Å². The topological polar surface area (TPSA) is 61.9 Å². The first-order chi connectivity index (χ1) is 12.6. The van der Waals surface area contributed by atoms with Crippen LogP contribution < -0.4 is 10.2 Å². The second kappa shape index (κ2) is 10.4. The summed E-state index contributed by atoms with van der Waals surface area (Å²) in [6.07, 6.45) is 6.36. The van der Waals surface area contributed by atoms with E-state index in [1.54, 1.807) is 18.2 Å². The van der Waals surface area contributed by atoms with Gasteiger partial charge in [0.2, 0.25) is 0 Å². The van der Waals surface area contributed by atoms with Gasteiger partial charge in [-0.05, 0) is 37.7 Å². The maximum Gasteiger partial charge on any atom is 0.331 e. The molecule has 6 nitrogen and oxygen atoms in total. The number of anilines is 2. The standard InChI is InChI=1S/C20H27N3O3/c1-3-5-6-7-20(25)26-16-19(24)21-17-8-10-18(11-9-17)23-14-12-22(4-2)13-15-23/h3,5-11H,4,12-16H2,1-2H3,(H,21,24)/b5-3+,7-6+. The molecule has 2 rings (SSSR count). The van der Waals surface area contributed by atoms with E-state index in [0.717, 1.165) is 38.4 Å². The Morgan fingerprint density at radius 1 is 1.12 bits per heavy atom. The summed E-state index contributed by atoms with van der Waals surface area (Å²) in [5.74, 6) is -0.901. The molecular formula is C20H27N3O3. The van der Waals surface area contributed by atoms with Crippen LogP contribution in [0.5, 0.6) is 0 Å². The van der Waals surface area contributed by atoms with Crippen LogP contribution in [0, 0.1) is 0 Å². The van der Waals surface area contributed by atoms with E-state index in [2.05, 4.69) is 22.0 Å². The third-order valence-electron chi connectivity index (χ3n) is 4.22. The van der Waals surface area contributed by atoms with Crippen molar-refractivity contribution in [2.75, 3.05) is 49.5 Å². The van der Waals surface area contributed by atoms with Gasteiger partial charge in [0.15, 0.2) is 6.61 Å². The Morgan fingerprint density at radius 3 is 2.42 bits per heavy atom. The zero-order valence-electron chi connectivity index (χ0n) is 15.5. The molecule has 0 aromatic heterocycles. The summed E-state index contributed by atoms with van der Waals surface area (Å²) in [4.78, 5) is 28.0. The van der Waals surface area contributed by atoms with E-state index in [-0.39, 0.29) is 12.5 Å². The number of amides is 1. The van der Waals surface area contributed by atoms with E-state index in [9.17, 15) is 9.59 Å². The highest BCUT2D eigenvalue weighted by Crippen LogP contribution is 2.19. The van der Waals surface area contributed by atoms with Crippen molar-refractivity contribution in [3.05, 3.63) is 48.6 Å². The van der Waals surface area contributed by atoms with Crippen LogP contribution in [-0.2, 0) is 14.3 Å². The molecule has 1 amide bonds. The van der Waals surface area contributed by atoms with Crippen LogP contribution in [0.3, 0.4) is 0 Å². The summed E-state index contributed by atoms with van der Waals surface area (Å²) in [6.45, 7) is 8.98. The summed E-state index contributed by atoms with van der Waals surface area (Å²) in [5.41, 5.74) is 1.84. The number of piperazine rings is 1. The van der Waals surface area contributed by atoms with Gasteiger partial charge in [-0.15, -0.1) is 0 Å². The predicted octanol–water partition coefficient (Wildman–Crippen LogP) is 2.44. The normalized spacial score (nSPS) is 15.5. The first-order valence-electron chi connectivity index (χ1n) is 8.95. The number of carbonyl (C=O) groups is 2. The lowest BCUT2D eigenvalue weighted by molar-refractivity contribution is -0.142. The van der Waals surface area contributed by atoms with Crippen LogP contribution in [0.4, 0.5) is 11.4 Å². The van der Waals surface area contributed by atoms with Gasteiger partial charge in [-0.25, -0.2) is 4.79 Å². The molecule has 1 aromatic rings. The van der Waals surface area contributed by atoms with Crippen molar-refractivity contribution >= 4 is 23.3 Å². The summed E-state index contributed by atoms with van der Waals surface area (Å²) in [7, 11) is 0. The van der Waals surface area contributed by atoms with Gasteiger partial charge in [-0.1, -0.05) is 25.2 Å². The SMILES string of the molecule is C/C=C/C=C/C(=O)OCC(=O)Nc1ccc(N2CCN(CC)CC2)cc1. The molecular weight excluding hydrogens is 330 g/mol. The van der Waals surface area contributed by atoms with E-state index >= 15 is 0 Å². The molecule has 1 saturated heterocycles. The number of esters is 1. The van der Waals surface area contributed by atoms with Crippen molar-refractivity contribution in [1.82, 2.24) is 4.90 Å². The second-order valence-electron chi connectivity index (χ2n) is 6.01. The first kappa shape index (κ1) is 19.7. The number of ether oxygens (including phenoxy) is 1. The van der Waals surface area contributed by atoms with E-state index in [4.69, 9.17) is 4.74 Å². The van der Waals surface area contributed by atoms with Crippen molar-refractivity contribution in [1.29, 1.82) is 0 Å². The number of allylic oxidation sites excluding steroid dienone is 3. The van der Waals surface area contributed by atoms with Crippen molar-refractivity contribution in [3.63, 3.8) is 0 Å². The number of nitrogens with zero attached hydrogens (tertiary/aromatic N) is 2. The zero-order valence-corrected chi connectivity index (χ0v) is 15.5. The lowest BCUT2D eigenvalue weighted by atomic mass is 10.2. The summed E-state index contributed by atoms with van der Waals surface area (Å²) >= 11 is 0. The van der Waals surface area contributed by atoms with Gasteiger partial charge >= 0.3 is 5.97 Å². The minimum atomic E-state index is -0.542. The molecule has 1 aromatic carbocycles. The van der Waals surface area contributed by atoms with Crippen molar-refractivity contribution in [2.24, 2.45) is 0 Å². The number of hydrogen-bond donors (Lipinski definition) is 1. The number of likely N-dealkylation sites (N-methyl/N-ethyl adjacent to an activating group) is 1. The van der Waals surface area contributed by atoms with E-state index in [1.807, 2.05) is 31.2 Å². The molecule has 1 fully saturated rings. The third-order valence-corrected chi connectivity index (χ3v) is 4.22. The van der Waals surface area contributed by atoms with Gasteiger partial charge in [-0.2, -0.15) is 0 Å². The summed E-state index contributed by atoms with van der Waals surface area (Å²) in [5, 5.41) is 2.73. The highest BCUT2D eigenvalue weighted by Gasteiger charge is 2.15. The molecule has 1 heterocycles. The molecule has 0 spiro atoms. The van der Waals surface area contributed by atoms with Crippen LogP contribution in [0.1, 0.15) is 13.8 Å². The molecule has 0 aliphatic carbocycles. The maximum atomic E-state index is 11.9. The van der Waals surface area contributed by atoms with Gasteiger partial charge in [0.1, 0.15) is 0 Å². The van der Waals surface area contributed by atoms with Crippen molar-refractivity contribution in [2.45, 2.75) is 13.8 Å². The second-order valence-corrected chi connectivity index (χ2v) is 6.01. The average molecular weight is 357 g/mol. The van der Waals surface area contributed by atoms with E-state index in [1.165, 1.54) is 6.08 Å². The van der Waals surface area contributed by atoms with Crippen LogP contribution >= 0.6 is 0 Å². The zero-order chi connectivity index (χ0) is 18.8. The lowest BCUT2D eigenvalue weighted by Crippen LogP contribution is -2.46. The number of rotatable bonds is 7. The largest absolute Gasteiger partial charge is 0.452 e. The Labute approximate surface area is 155 Å². The quantitative estimate of drug-likeness (QED) is 0.461. The van der Waals surface area contributed by atoms with Crippen LogP contribution in [0.2, 0.25) is 0 Å². The molecule has 0 radical (unpaired) electrons. The Hall–Kier alpha value is -2.60. The Balaban J connectivity index is 1.78. The minimum Gasteiger partial charge on any atom is -0.452 e. The Bertz CT molecular complexity index is 645. The number of nitrogens with one attached hydrogen (secondary N) is 1. The highest BCUT2D eigenvalue weighted by molar-refractivity contribution is 5.93. The minimum absolute atomic E-state index is 0.306. The molecule has 0 saturated carbocycles. The molecule has 26 heavy (non-hydrogen) atoms. The highest BCUT2D eigenvalue weighted by atomic mass is 16.5. The lowest BCUT2D eigenvalue weighted by Gasteiger charge is -2.35. The number of hydrogen-bond acceptors (Lipinski definition) is 5. The molecule has 1 aliphatic rings. The molecule has 1 aliphatic heterocycles. The predicted molar refractivity (Wildman–Crippen MR) is 104 cm³/mol. The molecule has 0 bridgehead atoms. The molecule has 1 N–H and O–H groups in total. The van der Waals surface area contributed by atoms with Crippen molar-refractivity contribution < 1.29 is 14.3 Å². The fraction of sp³-hybridized carbons (Fsp3) is 0.400. The fourth-order valence-electron chi connectivity index (χ4n) is 2.70. The maximum absolute atomic E-state index is 11.9. The monoisotopic (exact) mass is 357 g/mol. The van der Waals surface area contributed by atoms with Gasteiger partial charge in [0, 0.05) is 43.6 Å². The summed E-state index contributed by atoms with van der Waals surface area (Å²) in [6, 6.07) is 7.74. The average Bonchev–Trinajstić information content (AvgIpc) is 2.67. The van der Waals surface area contributed by atoms with Crippen molar-refractivity contribution in [3.8, 4) is 0 Å². The first-order valence-corrected chi connectivity index (χ1v) is 8.95. The van der Waals surface area contributed by atoms with Gasteiger partial charge in [-0.3, -0.25) is 4.79 Å². The van der Waals surface area contributed by atoms with E-state index < -0.39 is 5.97 Å². The number of carbonyl (C=O) groups excluding carboxylic acids is 2.